The van der Waals surface area contributed by atoms with Crippen molar-refractivity contribution in [3.63, 3.8) is 0 Å². The highest BCUT2D eigenvalue weighted by molar-refractivity contribution is 7.98. The molecule has 1 N–H and O–H groups in total. The van der Waals surface area contributed by atoms with E-state index in [0.717, 1.165) is 21.3 Å². The number of halogens is 1. The Labute approximate surface area is 113 Å². The van der Waals surface area contributed by atoms with Crippen LogP contribution in [-0.2, 0) is 5.75 Å². The molecule has 2 aromatic heterocycles. The Kier molecular flexibility index (Phi) is 3.17. The maximum Gasteiger partial charge on any atom is 0.181 e. The average Bonchev–Trinajstić information content (AvgIpc) is 2.87. The molecular weight excluding hydrogens is 268 g/mol. The molecule has 3 rings (SSSR count). The van der Waals surface area contributed by atoms with Gasteiger partial charge in [0.15, 0.2) is 5.65 Å². The second-order valence-corrected chi connectivity index (χ2v) is 5.10. The zero-order valence-electron chi connectivity index (χ0n) is 9.30. The fourth-order valence-electron chi connectivity index (χ4n) is 1.58. The van der Waals surface area contributed by atoms with Gasteiger partial charge in [0.05, 0.1) is 6.33 Å². The number of imidazole rings is 1. The lowest BCUT2D eigenvalue weighted by atomic mass is 10.2. The minimum atomic E-state index is 0.698. The van der Waals surface area contributed by atoms with E-state index < -0.39 is 0 Å². The highest BCUT2D eigenvalue weighted by Gasteiger charge is 2.06. The van der Waals surface area contributed by atoms with Crippen molar-refractivity contribution < 1.29 is 0 Å². The largest absolute Gasteiger partial charge is 0.341 e. The molecular formula is C12H9ClN4S. The first-order valence-electron chi connectivity index (χ1n) is 5.34. The van der Waals surface area contributed by atoms with Gasteiger partial charge in [0.25, 0.3) is 0 Å². The van der Waals surface area contributed by atoms with Crippen molar-refractivity contribution in [2.75, 3.05) is 0 Å². The van der Waals surface area contributed by atoms with Gasteiger partial charge in [0, 0.05) is 10.8 Å². The number of rotatable bonds is 3. The summed E-state index contributed by atoms with van der Waals surface area (Å²) in [5.74, 6) is 0.836. The van der Waals surface area contributed by atoms with Gasteiger partial charge in [-0.15, -0.1) is 0 Å². The lowest BCUT2D eigenvalue weighted by molar-refractivity contribution is 1.08. The van der Waals surface area contributed by atoms with Crippen LogP contribution in [-0.4, -0.2) is 19.9 Å². The molecule has 0 aliphatic heterocycles. The topological polar surface area (TPSA) is 54.5 Å². The Morgan fingerprint density at radius 1 is 1.11 bits per heavy atom. The Morgan fingerprint density at radius 3 is 2.78 bits per heavy atom. The first kappa shape index (κ1) is 11.5. The summed E-state index contributed by atoms with van der Waals surface area (Å²) >= 11 is 7.50. The highest BCUT2D eigenvalue weighted by atomic mass is 35.5. The summed E-state index contributed by atoms with van der Waals surface area (Å²) in [5.41, 5.74) is 2.79. The predicted octanol–water partition coefficient (Wildman–Crippen LogP) is 3.30. The van der Waals surface area contributed by atoms with Gasteiger partial charge in [-0.25, -0.2) is 15.0 Å². The Hall–Kier alpha value is -1.59. The molecule has 0 radical (unpaired) electrons. The van der Waals surface area contributed by atoms with Crippen LogP contribution < -0.4 is 0 Å². The van der Waals surface area contributed by atoms with Crippen molar-refractivity contribution in [2.24, 2.45) is 0 Å². The maximum absolute atomic E-state index is 5.85. The first-order chi connectivity index (χ1) is 8.83. The van der Waals surface area contributed by atoms with Crippen LogP contribution >= 0.6 is 23.4 Å². The number of benzene rings is 1. The van der Waals surface area contributed by atoms with Crippen LogP contribution in [0.3, 0.4) is 0 Å². The van der Waals surface area contributed by atoms with E-state index in [1.54, 1.807) is 18.1 Å². The van der Waals surface area contributed by atoms with Crippen LogP contribution in [0.25, 0.3) is 11.2 Å². The van der Waals surface area contributed by atoms with E-state index in [4.69, 9.17) is 11.6 Å². The maximum atomic E-state index is 5.85. The smallest absolute Gasteiger partial charge is 0.181 e. The Morgan fingerprint density at radius 2 is 1.94 bits per heavy atom. The van der Waals surface area contributed by atoms with E-state index in [0.29, 0.717) is 5.65 Å². The third kappa shape index (κ3) is 2.32. The van der Waals surface area contributed by atoms with Gasteiger partial charge in [-0.05, 0) is 17.7 Å². The predicted molar refractivity (Wildman–Crippen MR) is 72.7 cm³/mol. The molecule has 0 atom stereocenters. The molecule has 6 heteroatoms. The first-order valence-corrected chi connectivity index (χ1v) is 6.70. The number of thioether (sulfide) groups is 1. The number of nitrogens with one attached hydrogen (secondary N) is 1. The minimum absolute atomic E-state index is 0.698. The summed E-state index contributed by atoms with van der Waals surface area (Å²) in [5, 5.41) is 1.66. The molecule has 0 amide bonds. The standard InChI is InChI=1S/C12H9ClN4S/c13-9-3-1-8(2-4-9)5-18-12-10-11(15-6-14-10)16-7-17-12/h1-4,6-7H,5H2,(H,14,15,16,17). The fraction of sp³-hybridized carbons (Fsp3) is 0.0833. The summed E-state index contributed by atoms with van der Waals surface area (Å²) in [6, 6.07) is 7.81. The number of aromatic amines is 1. The summed E-state index contributed by atoms with van der Waals surface area (Å²) in [4.78, 5) is 15.5. The SMILES string of the molecule is Clc1ccc(CSc2ncnc3nc[nH]c23)cc1. The lowest BCUT2D eigenvalue weighted by Crippen LogP contribution is -1.87. The van der Waals surface area contributed by atoms with Crippen molar-refractivity contribution in [1.29, 1.82) is 0 Å². The second-order valence-electron chi connectivity index (χ2n) is 3.70. The van der Waals surface area contributed by atoms with Crippen LogP contribution in [0.1, 0.15) is 5.56 Å². The van der Waals surface area contributed by atoms with Gasteiger partial charge in [-0.3, -0.25) is 0 Å². The van der Waals surface area contributed by atoms with E-state index in [1.165, 1.54) is 11.9 Å². The molecule has 0 fully saturated rings. The number of hydrogen-bond donors (Lipinski definition) is 1. The molecule has 1 aromatic carbocycles. The quantitative estimate of drug-likeness (QED) is 0.589. The summed E-state index contributed by atoms with van der Waals surface area (Å²) in [6.07, 6.45) is 3.17. The third-order valence-corrected chi connectivity index (χ3v) is 3.79. The number of aromatic nitrogens is 4. The average molecular weight is 277 g/mol. The van der Waals surface area contributed by atoms with Gasteiger partial charge in [0.1, 0.15) is 16.9 Å². The van der Waals surface area contributed by atoms with E-state index in [2.05, 4.69) is 19.9 Å². The van der Waals surface area contributed by atoms with E-state index in [1.807, 2.05) is 24.3 Å². The zero-order chi connectivity index (χ0) is 12.4. The van der Waals surface area contributed by atoms with Gasteiger partial charge in [-0.1, -0.05) is 35.5 Å². The second kappa shape index (κ2) is 4.96. The molecule has 0 saturated heterocycles. The molecule has 2 heterocycles. The zero-order valence-corrected chi connectivity index (χ0v) is 10.9. The van der Waals surface area contributed by atoms with Crippen LogP contribution in [0.15, 0.2) is 41.9 Å². The molecule has 3 aromatic rings. The van der Waals surface area contributed by atoms with Crippen LogP contribution in [0.5, 0.6) is 0 Å². The Bertz CT molecular complexity index is 665. The van der Waals surface area contributed by atoms with Crippen LogP contribution in [0.2, 0.25) is 5.02 Å². The van der Waals surface area contributed by atoms with Gasteiger partial charge in [-0.2, -0.15) is 0 Å². The monoisotopic (exact) mass is 276 g/mol. The van der Waals surface area contributed by atoms with E-state index >= 15 is 0 Å². The van der Waals surface area contributed by atoms with Crippen LogP contribution in [0, 0.1) is 0 Å². The number of hydrogen-bond acceptors (Lipinski definition) is 4. The van der Waals surface area contributed by atoms with Crippen molar-refractivity contribution in [3.05, 3.63) is 47.5 Å². The molecule has 0 unspecified atom stereocenters. The minimum Gasteiger partial charge on any atom is -0.341 e. The summed E-state index contributed by atoms with van der Waals surface area (Å²) < 4.78 is 0. The molecule has 90 valence electrons. The fourth-order valence-corrected chi connectivity index (χ4v) is 2.62. The lowest BCUT2D eigenvalue weighted by Gasteiger charge is -2.02. The van der Waals surface area contributed by atoms with Crippen molar-refractivity contribution in [2.45, 2.75) is 10.8 Å². The van der Waals surface area contributed by atoms with Crippen molar-refractivity contribution in [3.8, 4) is 0 Å². The van der Waals surface area contributed by atoms with Crippen molar-refractivity contribution >= 4 is 34.5 Å². The molecule has 0 aliphatic rings. The number of fused-ring (bicyclic) bond motifs is 1. The number of H-pyrrole nitrogens is 1. The molecule has 0 spiro atoms. The number of nitrogens with zero attached hydrogens (tertiary/aromatic N) is 3. The van der Waals surface area contributed by atoms with E-state index in [9.17, 15) is 0 Å². The molecule has 0 saturated carbocycles. The summed E-state index contributed by atoms with van der Waals surface area (Å²) in [7, 11) is 0. The molecule has 18 heavy (non-hydrogen) atoms. The normalized spacial score (nSPS) is 10.9. The Balaban J connectivity index is 1.80. The third-order valence-electron chi connectivity index (χ3n) is 2.48. The van der Waals surface area contributed by atoms with Gasteiger partial charge in [0.2, 0.25) is 0 Å². The molecule has 4 nitrogen and oxygen atoms in total. The van der Waals surface area contributed by atoms with Gasteiger partial charge >= 0.3 is 0 Å². The molecule has 0 bridgehead atoms. The van der Waals surface area contributed by atoms with E-state index in [-0.39, 0.29) is 0 Å². The highest BCUT2D eigenvalue weighted by Crippen LogP contribution is 2.25. The van der Waals surface area contributed by atoms with Crippen LogP contribution in [0.4, 0.5) is 0 Å². The summed E-state index contributed by atoms with van der Waals surface area (Å²) in [6.45, 7) is 0. The molecule has 0 aliphatic carbocycles. The van der Waals surface area contributed by atoms with Gasteiger partial charge < -0.3 is 4.98 Å². The van der Waals surface area contributed by atoms with Crippen molar-refractivity contribution in [1.82, 2.24) is 19.9 Å².